The van der Waals surface area contributed by atoms with E-state index in [1.807, 2.05) is 36.4 Å². The van der Waals surface area contributed by atoms with Crippen LogP contribution in [0.4, 0.5) is 0 Å². The molecule has 0 aromatic heterocycles. The van der Waals surface area contributed by atoms with Crippen LogP contribution in [0, 0.1) is 11.8 Å². The highest BCUT2D eigenvalue weighted by Gasteiger charge is 2.25. The number of ether oxygens (including phenoxy) is 5. The van der Waals surface area contributed by atoms with E-state index in [-0.39, 0.29) is 44.6 Å². The molecule has 1 N–H and O–H groups in total. The van der Waals surface area contributed by atoms with Gasteiger partial charge in [-0.25, -0.2) is 0 Å². The topological polar surface area (TPSA) is 83.5 Å². The molecule has 0 spiro atoms. The van der Waals surface area contributed by atoms with E-state index >= 15 is 0 Å². The zero-order valence-electron chi connectivity index (χ0n) is 16.3. The Kier molecular flexibility index (Phi) is 5.76. The summed E-state index contributed by atoms with van der Waals surface area (Å²) in [5, 5.41) is 10.1. The monoisotopic (exact) mass is 400 g/mol. The van der Waals surface area contributed by atoms with Crippen LogP contribution in [-0.4, -0.2) is 37.9 Å². The molecule has 0 aliphatic carbocycles. The Balaban J connectivity index is 1.51. The van der Waals surface area contributed by atoms with Crippen molar-refractivity contribution in [3.8, 4) is 23.0 Å². The summed E-state index contributed by atoms with van der Waals surface area (Å²) in [6, 6.07) is 11.6. The molecule has 154 valence electrons. The zero-order valence-corrected chi connectivity index (χ0v) is 16.3. The number of carbonyl (C=O) groups excluding carboxylic acids is 1. The molecule has 2 aliphatic heterocycles. The van der Waals surface area contributed by atoms with Crippen LogP contribution < -0.4 is 18.9 Å². The number of hydrogen-bond donors (Lipinski definition) is 1. The first kappa shape index (κ1) is 19.4. The highest BCUT2D eigenvalue weighted by Crippen LogP contribution is 2.35. The highest BCUT2D eigenvalue weighted by molar-refractivity contribution is 5.65. The van der Waals surface area contributed by atoms with Crippen molar-refractivity contribution >= 4 is 5.97 Å². The third-order valence-electron chi connectivity index (χ3n) is 5.27. The SMILES string of the molecule is CC(=O)OCC(Cc1ccc2c(c1)OCO2)C(CO)Cc1ccc2c(c1)OCO2. The number of hydrogen-bond acceptors (Lipinski definition) is 7. The molecule has 7 heteroatoms. The van der Waals surface area contributed by atoms with Crippen LogP contribution in [0.15, 0.2) is 36.4 Å². The molecule has 0 bridgehead atoms. The van der Waals surface area contributed by atoms with Gasteiger partial charge < -0.3 is 28.8 Å². The number of fused-ring (bicyclic) bond motifs is 2. The lowest BCUT2D eigenvalue weighted by atomic mass is 9.83. The molecule has 0 radical (unpaired) electrons. The van der Waals surface area contributed by atoms with Crippen LogP contribution >= 0.6 is 0 Å². The summed E-state index contributed by atoms with van der Waals surface area (Å²) >= 11 is 0. The van der Waals surface area contributed by atoms with Gasteiger partial charge in [-0.05, 0) is 54.2 Å². The number of carbonyl (C=O) groups is 1. The molecule has 2 heterocycles. The standard InChI is InChI=1S/C22H24O7/c1-14(24)25-11-18(7-16-3-5-20-22(9-16)29-13-27-20)17(10-23)6-15-2-4-19-21(8-15)28-12-26-19/h2-5,8-9,17-18,23H,6-7,10-13H2,1H3. The summed E-state index contributed by atoms with van der Waals surface area (Å²) in [6.07, 6.45) is 1.27. The maximum absolute atomic E-state index is 11.4. The smallest absolute Gasteiger partial charge is 0.302 e. The predicted octanol–water partition coefficient (Wildman–Crippen LogP) is 2.72. The fraction of sp³-hybridized carbons (Fsp3) is 0.409. The van der Waals surface area contributed by atoms with Gasteiger partial charge in [-0.3, -0.25) is 4.79 Å². The molecule has 4 rings (SSSR count). The van der Waals surface area contributed by atoms with Crippen molar-refractivity contribution in [2.45, 2.75) is 19.8 Å². The third-order valence-corrected chi connectivity index (χ3v) is 5.27. The van der Waals surface area contributed by atoms with Crippen LogP contribution in [-0.2, 0) is 22.4 Å². The quantitative estimate of drug-likeness (QED) is 0.682. The van der Waals surface area contributed by atoms with E-state index in [0.717, 1.165) is 22.6 Å². The summed E-state index contributed by atoms with van der Waals surface area (Å²) in [6.45, 7) is 2.05. The molecule has 2 aromatic rings. The Morgan fingerprint density at radius 3 is 1.93 bits per heavy atom. The molecule has 2 unspecified atom stereocenters. The van der Waals surface area contributed by atoms with Crippen molar-refractivity contribution in [1.82, 2.24) is 0 Å². The van der Waals surface area contributed by atoms with Crippen molar-refractivity contribution in [3.05, 3.63) is 47.5 Å². The average molecular weight is 400 g/mol. The Morgan fingerprint density at radius 1 is 0.897 bits per heavy atom. The van der Waals surface area contributed by atoms with Gasteiger partial charge in [0.15, 0.2) is 23.0 Å². The largest absolute Gasteiger partial charge is 0.466 e. The van der Waals surface area contributed by atoms with Gasteiger partial charge in [-0.15, -0.1) is 0 Å². The number of esters is 1. The first-order valence-corrected chi connectivity index (χ1v) is 9.63. The normalized spacial score (nSPS) is 15.8. The Bertz CT molecular complexity index is 879. The molecule has 2 atom stereocenters. The van der Waals surface area contributed by atoms with Crippen molar-refractivity contribution in [2.75, 3.05) is 26.8 Å². The van der Waals surface area contributed by atoms with Gasteiger partial charge in [0.1, 0.15) is 0 Å². The van der Waals surface area contributed by atoms with Gasteiger partial charge in [0, 0.05) is 19.4 Å². The van der Waals surface area contributed by atoms with E-state index in [1.54, 1.807) is 0 Å². The summed E-state index contributed by atoms with van der Waals surface area (Å²) < 4.78 is 27.0. The number of aliphatic hydroxyl groups is 1. The van der Waals surface area contributed by atoms with Crippen LogP contribution in [0.2, 0.25) is 0 Å². The first-order chi connectivity index (χ1) is 14.1. The number of aliphatic hydroxyl groups excluding tert-OH is 1. The summed E-state index contributed by atoms with van der Waals surface area (Å²) in [5.74, 6) is 2.39. The van der Waals surface area contributed by atoms with Gasteiger partial charge in [0.25, 0.3) is 0 Å². The maximum atomic E-state index is 11.4. The maximum Gasteiger partial charge on any atom is 0.302 e. The van der Waals surface area contributed by atoms with Gasteiger partial charge >= 0.3 is 5.97 Å². The lowest BCUT2D eigenvalue weighted by molar-refractivity contribution is -0.143. The van der Waals surface area contributed by atoms with Crippen molar-refractivity contribution < 1.29 is 33.6 Å². The van der Waals surface area contributed by atoms with Gasteiger partial charge in [0.05, 0.1) is 6.61 Å². The molecule has 0 saturated carbocycles. The molecule has 2 aliphatic rings. The fourth-order valence-electron chi connectivity index (χ4n) is 3.71. The van der Waals surface area contributed by atoms with E-state index in [0.29, 0.717) is 24.3 Å². The van der Waals surface area contributed by atoms with Crippen LogP contribution in [0.3, 0.4) is 0 Å². The van der Waals surface area contributed by atoms with Crippen molar-refractivity contribution in [3.63, 3.8) is 0 Å². The van der Waals surface area contributed by atoms with E-state index < -0.39 is 0 Å². The first-order valence-electron chi connectivity index (χ1n) is 9.63. The minimum Gasteiger partial charge on any atom is -0.466 e. The molecular weight excluding hydrogens is 376 g/mol. The second-order valence-corrected chi connectivity index (χ2v) is 7.29. The second kappa shape index (κ2) is 8.61. The second-order valence-electron chi connectivity index (χ2n) is 7.29. The predicted molar refractivity (Wildman–Crippen MR) is 103 cm³/mol. The van der Waals surface area contributed by atoms with E-state index in [4.69, 9.17) is 23.7 Å². The number of rotatable bonds is 8. The Morgan fingerprint density at radius 2 is 1.41 bits per heavy atom. The van der Waals surface area contributed by atoms with Crippen LogP contribution in [0.1, 0.15) is 18.1 Å². The van der Waals surface area contributed by atoms with Crippen molar-refractivity contribution in [1.29, 1.82) is 0 Å². The van der Waals surface area contributed by atoms with Gasteiger partial charge in [-0.1, -0.05) is 12.1 Å². The average Bonchev–Trinajstić information content (AvgIpc) is 3.37. The minimum atomic E-state index is -0.333. The lowest BCUT2D eigenvalue weighted by Gasteiger charge is -2.26. The summed E-state index contributed by atoms with van der Waals surface area (Å²) in [7, 11) is 0. The molecule has 29 heavy (non-hydrogen) atoms. The van der Waals surface area contributed by atoms with Gasteiger partial charge in [0.2, 0.25) is 13.6 Å². The zero-order chi connectivity index (χ0) is 20.2. The van der Waals surface area contributed by atoms with E-state index in [1.165, 1.54) is 6.92 Å². The lowest BCUT2D eigenvalue weighted by Crippen LogP contribution is -2.28. The van der Waals surface area contributed by atoms with Crippen molar-refractivity contribution in [2.24, 2.45) is 11.8 Å². The van der Waals surface area contributed by atoms with E-state index in [9.17, 15) is 9.90 Å². The highest BCUT2D eigenvalue weighted by atomic mass is 16.7. The molecule has 2 aromatic carbocycles. The molecule has 0 fully saturated rings. The molecular formula is C22H24O7. The molecule has 0 amide bonds. The summed E-state index contributed by atoms with van der Waals surface area (Å²) in [5.41, 5.74) is 2.07. The van der Waals surface area contributed by atoms with E-state index in [2.05, 4.69) is 0 Å². The molecule has 0 saturated heterocycles. The fourth-order valence-corrected chi connectivity index (χ4v) is 3.71. The van der Waals surface area contributed by atoms with Crippen LogP contribution in [0.25, 0.3) is 0 Å². The Hall–Kier alpha value is -2.93. The van der Waals surface area contributed by atoms with Gasteiger partial charge in [-0.2, -0.15) is 0 Å². The minimum absolute atomic E-state index is 0.0229. The summed E-state index contributed by atoms with van der Waals surface area (Å²) in [4.78, 5) is 11.4. The Labute approximate surface area is 169 Å². The molecule has 7 nitrogen and oxygen atoms in total. The number of benzene rings is 2. The third kappa shape index (κ3) is 4.56. The van der Waals surface area contributed by atoms with Crippen LogP contribution in [0.5, 0.6) is 23.0 Å².